The Bertz CT molecular complexity index is 487. The number of carbonyl (C=O) groups excluding carboxylic acids is 2. The Morgan fingerprint density at radius 2 is 1.73 bits per heavy atom. The van der Waals surface area contributed by atoms with E-state index in [0.29, 0.717) is 24.4 Å². The third-order valence-corrected chi connectivity index (χ3v) is 3.14. The van der Waals surface area contributed by atoms with Crippen LogP contribution in [0.5, 0.6) is 0 Å². The first-order chi connectivity index (χ1) is 9.79. The maximum Gasteiger partial charge on any atom is 0.241 e. The summed E-state index contributed by atoms with van der Waals surface area (Å²) in [7, 11) is 3.46. The van der Waals surface area contributed by atoms with Crippen molar-refractivity contribution in [1.82, 2.24) is 4.90 Å². The summed E-state index contributed by atoms with van der Waals surface area (Å²) >= 11 is 0. The van der Waals surface area contributed by atoms with Gasteiger partial charge in [-0.1, -0.05) is 26.0 Å². The second-order valence-corrected chi connectivity index (χ2v) is 5.89. The van der Waals surface area contributed by atoms with Gasteiger partial charge in [-0.3, -0.25) is 9.59 Å². The number of likely N-dealkylation sites (N-methyl/N-ethyl adjacent to an activating group) is 1. The van der Waals surface area contributed by atoms with Crippen LogP contribution in [0.3, 0.4) is 0 Å². The number of anilines is 1. The minimum absolute atomic E-state index is 0. The number of benzene rings is 1. The number of halogens is 1. The van der Waals surface area contributed by atoms with E-state index in [4.69, 9.17) is 5.73 Å². The highest BCUT2D eigenvalue weighted by Gasteiger charge is 2.15. The van der Waals surface area contributed by atoms with Gasteiger partial charge in [-0.25, -0.2) is 0 Å². The molecule has 0 spiro atoms. The fourth-order valence-corrected chi connectivity index (χ4v) is 1.89. The number of nitrogens with two attached hydrogens (primary N) is 1. The Balaban J connectivity index is 0.00000441. The van der Waals surface area contributed by atoms with Crippen LogP contribution in [-0.4, -0.2) is 36.9 Å². The SMILES string of the molecule is CC(C)C[C@H](N)C(=O)Nc1ccc(CC(=O)N(C)C)cc1.Cl. The van der Waals surface area contributed by atoms with Gasteiger partial charge in [0.2, 0.25) is 11.8 Å². The van der Waals surface area contributed by atoms with Gasteiger partial charge in [0.15, 0.2) is 0 Å². The van der Waals surface area contributed by atoms with Crippen LogP contribution < -0.4 is 11.1 Å². The summed E-state index contributed by atoms with van der Waals surface area (Å²) in [5, 5.41) is 2.79. The third kappa shape index (κ3) is 6.91. The molecule has 0 unspecified atom stereocenters. The zero-order valence-corrected chi connectivity index (χ0v) is 14.4. The molecule has 0 fully saturated rings. The highest BCUT2D eigenvalue weighted by molar-refractivity contribution is 5.94. The van der Waals surface area contributed by atoms with Gasteiger partial charge in [-0.2, -0.15) is 0 Å². The van der Waals surface area contributed by atoms with Crippen LogP contribution in [0.15, 0.2) is 24.3 Å². The number of hydrogen-bond acceptors (Lipinski definition) is 3. The van der Waals surface area contributed by atoms with Crippen LogP contribution in [0.25, 0.3) is 0 Å². The Labute approximate surface area is 138 Å². The monoisotopic (exact) mass is 327 g/mol. The smallest absolute Gasteiger partial charge is 0.241 e. The number of nitrogens with zero attached hydrogens (tertiary/aromatic N) is 1. The molecule has 0 aliphatic heterocycles. The minimum Gasteiger partial charge on any atom is -0.349 e. The first-order valence-corrected chi connectivity index (χ1v) is 7.15. The molecule has 0 heterocycles. The van der Waals surface area contributed by atoms with Crippen molar-refractivity contribution in [3.63, 3.8) is 0 Å². The molecular formula is C16H26ClN3O2. The molecule has 6 heteroatoms. The third-order valence-electron chi connectivity index (χ3n) is 3.14. The summed E-state index contributed by atoms with van der Waals surface area (Å²) in [6, 6.07) is 6.76. The summed E-state index contributed by atoms with van der Waals surface area (Å²) in [5.41, 5.74) is 7.44. The quantitative estimate of drug-likeness (QED) is 0.839. The number of amides is 2. The van der Waals surface area contributed by atoms with Crippen molar-refractivity contribution < 1.29 is 9.59 Å². The Kier molecular flexibility index (Phi) is 8.75. The molecule has 1 atom stereocenters. The van der Waals surface area contributed by atoms with Crippen LogP contribution in [0.4, 0.5) is 5.69 Å². The van der Waals surface area contributed by atoms with E-state index in [1.54, 1.807) is 31.1 Å². The van der Waals surface area contributed by atoms with Crippen molar-refractivity contribution in [2.75, 3.05) is 19.4 Å². The molecule has 22 heavy (non-hydrogen) atoms. The van der Waals surface area contributed by atoms with E-state index in [1.165, 1.54) is 0 Å². The van der Waals surface area contributed by atoms with Crippen molar-refractivity contribution in [1.29, 1.82) is 0 Å². The maximum atomic E-state index is 11.9. The molecule has 0 aliphatic rings. The lowest BCUT2D eigenvalue weighted by molar-refractivity contribution is -0.128. The molecule has 1 aromatic carbocycles. The van der Waals surface area contributed by atoms with E-state index < -0.39 is 6.04 Å². The molecule has 0 saturated heterocycles. The van der Waals surface area contributed by atoms with E-state index in [-0.39, 0.29) is 24.2 Å². The molecule has 124 valence electrons. The molecule has 0 aliphatic carbocycles. The topological polar surface area (TPSA) is 75.4 Å². The predicted molar refractivity (Wildman–Crippen MR) is 92.1 cm³/mol. The molecule has 5 nitrogen and oxygen atoms in total. The Hall–Kier alpha value is -1.59. The van der Waals surface area contributed by atoms with Crippen molar-refractivity contribution in [2.24, 2.45) is 11.7 Å². The molecule has 0 saturated carbocycles. The molecule has 0 aromatic heterocycles. The van der Waals surface area contributed by atoms with Crippen molar-refractivity contribution in [2.45, 2.75) is 32.7 Å². The fraction of sp³-hybridized carbons (Fsp3) is 0.500. The fourth-order valence-electron chi connectivity index (χ4n) is 1.89. The summed E-state index contributed by atoms with van der Waals surface area (Å²) in [6.45, 7) is 4.06. The van der Waals surface area contributed by atoms with E-state index in [0.717, 1.165) is 5.56 Å². The Morgan fingerprint density at radius 1 is 1.18 bits per heavy atom. The van der Waals surface area contributed by atoms with E-state index in [9.17, 15) is 9.59 Å². The van der Waals surface area contributed by atoms with Gasteiger partial charge >= 0.3 is 0 Å². The first kappa shape index (κ1) is 20.4. The normalized spacial score (nSPS) is 11.5. The summed E-state index contributed by atoms with van der Waals surface area (Å²) < 4.78 is 0. The lowest BCUT2D eigenvalue weighted by Crippen LogP contribution is -2.36. The summed E-state index contributed by atoms with van der Waals surface area (Å²) in [5.74, 6) is 0.247. The van der Waals surface area contributed by atoms with Crippen molar-refractivity contribution >= 4 is 29.9 Å². The van der Waals surface area contributed by atoms with Crippen LogP contribution in [0.1, 0.15) is 25.8 Å². The lowest BCUT2D eigenvalue weighted by atomic mass is 10.0. The maximum absolute atomic E-state index is 11.9. The summed E-state index contributed by atoms with van der Waals surface area (Å²) in [4.78, 5) is 25.1. The largest absolute Gasteiger partial charge is 0.349 e. The van der Waals surface area contributed by atoms with Crippen LogP contribution in [-0.2, 0) is 16.0 Å². The first-order valence-electron chi connectivity index (χ1n) is 7.15. The number of carbonyl (C=O) groups is 2. The van der Waals surface area contributed by atoms with Crippen molar-refractivity contribution in [3.8, 4) is 0 Å². The average Bonchev–Trinajstić information content (AvgIpc) is 2.39. The van der Waals surface area contributed by atoms with Crippen molar-refractivity contribution in [3.05, 3.63) is 29.8 Å². The van der Waals surface area contributed by atoms with Gasteiger partial charge < -0.3 is 16.0 Å². The van der Waals surface area contributed by atoms with E-state index >= 15 is 0 Å². The zero-order valence-electron chi connectivity index (χ0n) is 13.6. The van der Waals surface area contributed by atoms with Gasteiger partial charge in [-0.05, 0) is 30.0 Å². The molecule has 1 rings (SSSR count). The van der Waals surface area contributed by atoms with Gasteiger partial charge in [0.25, 0.3) is 0 Å². The van der Waals surface area contributed by atoms with Gasteiger partial charge in [0.1, 0.15) is 0 Å². The van der Waals surface area contributed by atoms with Crippen LogP contribution >= 0.6 is 12.4 Å². The molecular weight excluding hydrogens is 302 g/mol. The number of hydrogen-bond donors (Lipinski definition) is 2. The molecule has 3 N–H and O–H groups in total. The summed E-state index contributed by atoms with van der Waals surface area (Å²) in [6.07, 6.45) is 1.01. The minimum atomic E-state index is -0.500. The number of rotatable bonds is 6. The standard InChI is InChI=1S/C16H25N3O2.ClH/c1-11(2)9-14(17)16(21)18-13-7-5-12(6-8-13)10-15(20)19(3)4;/h5-8,11,14H,9-10,17H2,1-4H3,(H,18,21);1H/t14-;/m0./s1. The van der Waals surface area contributed by atoms with E-state index in [2.05, 4.69) is 5.32 Å². The van der Waals surface area contributed by atoms with Gasteiger partial charge in [0, 0.05) is 19.8 Å². The second kappa shape index (κ2) is 9.43. The second-order valence-electron chi connectivity index (χ2n) is 5.89. The van der Waals surface area contributed by atoms with Crippen LogP contribution in [0.2, 0.25) is 0 Å². The average molecular weight is 328 g/mol. The number of nitrogens with one attached hydrogen (secondary N) is 1. The van der Waals surface area contributed by atoms with E-state index in [1.807, 2.05) is 26.0 Å². The predicted octanol–water partition coefficient (Wildman–Crippen LogP) is 2.05. The zero-order chi connectivity index (χ0) is 16.0. The lowest BCUT2D eigenvalue weighted by Gasteiger charge is -2.14. The van der Waals surface area contributed by atoms with Crippen LogP contribution in [0, 0.1) is 5.92 Å². The van der Waals surface area contributed by atoms with Gasteiger partial charge in [0.05, 0.1) is 12.5 Å². The highest BCUT2D eigenvalue weighted by atomic mass is 35.5. The molecule has 0 bridgehead atoms. The highest BCUT2D eigenvalue weighted by Crippen LogP contribution is 2.12. The Morgan fingerprint density at radius 3 is 2.18 bits per heavy atom. The molecule has 0 radical (unpaired) electrons. The molecule has 1 aromatic rings. The molecule has 2 amide bonds. The van der Waals surface area contributed by atoms with Gasteiger partial charge in [-0.15, -0.1) is 12.4 Å².